The fourth-order valence-corrected chi connectivity index (χ4v) is 5.22. The number of aromatic amines is 1. The van der Waals surface area contributed by atoms with Gasteiger partial charge in [-0.3, -0.25) is 14.4 Å². The van der Waals surface area contributed by atoms with Gasteiger partial charge in [-0.05, 0) is 46.7 Å². The van der Waals surface area contributed by atoms with Crippen molar-refractivity contribution >= 4 is 34.2 Å². The molecule has 2 heterocycles. The third-order valence-corrected chi connectivity index (χ3v) is 7.87. The minimum atomic E-state index is -0.433. The number of hydrogen-bond donors (Lipinski definition) is 4. The molecule has 11 heteroatoms. The summed E-state index contributed by atoms with van der Waals surface area (Å²) in [7, 11) is 0. The van der Waals surface area contributed by atoms with Crippen molar-refractivity contribution < 1.29 is 19.1 Å². The molecule has 0 unspecified atom stereocenters. The summed E-state index contributed by atoms with van der Waals surface area (Å²) >= 11 is 0. The van der Waals surface area contributed by atoms with Gasteiger partial charge in [0, 0.05) is 25.6 Å². The molecule has 0 radical (unpaired) electrons. The lowest BCUT2D eigenvalue weighted by atomic mass is 9.85. The van der Waals surface area contributed by atoms with Crippen LogP contribution < -0.4 is 20.7 Å². The Morgan fingerprint density at radius 2 is 1.71 bits per heavy atom. The number of hydrogen-bond acceptors (Lipinski definition) is 7. The number of benzene rings is 3. The third-order valence-electron chi connectivity index (χ3n) is 7.87. The highest BCUT2D eigenvalue weighted by atomic mass is 16.5. The topological polar surface area (TPSA) is 151 Å². The summed E-state index contributed by atoms with van der Waals surface area (Å²) in [5.74, 6) is -0.640. The number of amides is 3. The summed E-state index contributed by atoms with van der Waals surface area (Å²) < 4.78 is 5.65. The maximum Gasteiger partial charge on any atom is 0.272 e. The minimum absolute atomic E-state index is 0.00292. The Morgan fingerprint density at radius 1 is 0.889 bits per heavy atom. The normalized spacial score (nSPS) is 12.7. The molecule has 0 aliphatic heterocycles. The zero-order chi connectivity index (χ0) is 31.0. The second kappa shape index (κ2) is 13.8. The van der Waals surface area contributed by atoms with Gasteiger partial charge in [-0.25, -0.2) is 4.98 Å². The molecule has 11 nitrogen and oxygen atoms in total. The average molecular weight is 604 g/mol. The molecule has 0 bridgehead atoms. The Morgan fingerprint density at radius 3 is 2.49 bits per heavy atom. The lowest BCUT2D eigenvalue weighted by molar-refractivity contribution is -0.123. The fraction of sp³-hybridized carbons (Fsp3) is 0.235. The molecule has 228 valence electrons. The van der Waals surface area contributed by atoms with Crippen LogP contribution >= 0.6 is 0 Å². The van der Waals surface area contributed by atoms with Crippen LogP contribution in [-0.2, 0) is 17.8 Å². The number of carbonyl (C=O) groups is 3. The van der Waals surface area contributed by atoms with E-state index in [0.29, 0.717) is 36.7 Å². The SMILES string of the molecule is O=C(COc1ccc(NC(=O)c2c(Cc3cn[nH]n3)ccc3ccccc23)c(C(=O)NCC2CCC2)n1)NCc1ccccc1. The van der Waals surface area contributed by atoms with E-state index in [-0.39, 0.29) is 29.8 Å². The number of rotatable bonds is 12. The smallest absolute Gasteiger partial charge is 0.272 e. The lowest BCUT2D eigenvalue weighted by Crippen LogP contribution is -2.33. The molecule has 3 aromatic carbocycles. The summed E-state index contributed by atoms with van der Waals surface area (Å²) in [5, 5.41) is 21.0. The molecule has 2 aromatic heterocycles. The largest absolute Gasteiger partial charge is 0.468 e. The maximum atomic E-state index is 14.0. The number of pyridine rings is 1. The number of nitrogens with one attached hydrogen (secondary N) is 4. The molecule has 1 saturated carbocycles. The number of fused-ring (bicyclic) bond motifs is 1. The van der Waals surface area contributed by atoms with Crippen LogP contribution in [0.25, 0.3) is 10.8 Å². The van der Waals surface area contributed by atoms with Crippen LogP contribution in [0.4, 0.5) is 5.69 Å². The second-order valence-corrected chi connectivity index (χ2v) is 11.0. The van der Waals surface area contributed by atoms with Crippen LogP contribution in [0.5, 0.6) is 5.88 Å². The molecular weight excluding hydrogens is 570 g/mol. The standard InChI is InChI=1S/C34H33N7O4/c42-29(35-18-22-7-2-1-3-8-22)21-45-30-16-15-28(32(39-30)34(44)36-19-23-9-6-10-23)38-33(43)31-25(17-26-20-37-41-40-26)14-13-24-11-4-5-12-27(24)31/h1-5,7-8,11-16,20,23H,6,9-10,17-19,21H2,(H,35,42)(H,36,44)(H,38,43)(H,37,40,41). The fourth-order valence-electron chi connectivity index (χ4n) is 5.22. The summed E-state index contributed by atoms with van der Waals surface area (Å²) in [6.45, 7) is 0.602. The highest BCUT2D eigenvalue weighted by Crippen LogP contribution is 2.28. The van der Waals surface area contributed by atoms with Crippen LogP contribution in [0.15, 0.2) is 85.1 Å². The van der Waals surface area contributed by atoms with Gasteiger partial charge in [-0.2, -0.15) is 15.4 Å². The Labute approximate surface area is 259 Å². The Bertz CT molecular complexity index is 1800. The Hall–Kier alpha value is -5.58. The number of aromatic nitrogens is 4. The van der Waals surface area contributed by atoms with Gasteiger partial charge in [-0.1, -0.05) is 73.2 Å². The first-order chi connectivity index (χ1) is 22.0. The van der Waals surface area contributed by atoms with E-state index < -0.39 is 11.8 Å². The molecule has 0 saturated heterocycles. The van der Waals surface area contributed by atoms with Gasteiger partial charge in [0.15, 0.2) is 12.3 Å². The van der Waals surface area contributed by atoms with E-state index in [1.54, 1.807) is 12.3 Å². The van der Waals surface area contributed by atoms with Gasteiger partial charge < -0.3 is 20.7 Å². The van der Waals surface area contributed by atoms with Gasteiger partial charge in [-0.15, -0.1) is 0 Å². The van der Waals surface area contributed by atoms with Crippen molar-refractivity contribution in [1.29, 1.82) is 0 Å². The summed E-state index contributed by atoms with van der Waals surface area (Å²) in [6, 6.07) is 24.1. The first kappa shape index (κ1) is 29.5. The first-order valence-corrected chi connectivity index (χ1v) is 14.9. The van der Waals surface area contributed by atoms with E-state index in [4.69, 9.17) is 4.74 Å². The van der Waals surface area contributed by atoms with Crippen LogP contribution in [0.2, 0.25) is 0 Å². The van der Waals surface area contributed by atoms with Gasteiger partial charge in [0.1, 0.15) is 0 Å². The molecule has 0 spiro atoms. The van der Waals surface area contributed by atoms with Crippen LogP contribution in [0, 0.1) is 5.92 Å². The Balaban J connectivity index is 1.23. The van der Waals surface area contributed by atoms with E-state index in [0.717, 1.165) is 41.2 Å². The van der Waals surface area contributed by atoms with E-state index in [1.165, 1.54) is 6.07 Å². The molecule has 1 aliphatic rings. The van der Waals surface area contributed by atoms with Crippen LogP contribution in [0.1, 0.15) is 56.9 Å². The highest BCUT2D eigenvalue weighted by Gasteiger charge is 2.23. The Kier molecular flexibility index (Phi) is 9.05. The molecule has 45 heavy (non-hydrogen) atoms. The van der Waals surface area contributed by atoms with Crippen molar-refractivity contribution in [3.8, 4) is 5.88 Å². The van der Waals surface area contributed by atoms with Crippen molar-refractivity contribution in [3.05, 3.63) is 113 Å². The van der Waals surface area contributed by atoms with E-state index in [9.17, 15) is 14.4 Å². The number of carbonyl (C=O) groups excluding carboxylic acids is 3. The molecule has 3 amide bonds. The van der Waals surface area contributed by atoms with E-state index >= 15 is 0 Å². The van der Waals surface area contributed by atoms with Crippen LogP contribution in [-0.4, -0.2) is 51.3 Å². The molecule has 0 atom stereocenters. The zero-order valence-electron chi connectivity index (χ0n) is 24.6. The number of ether oxygens (including phenoxy) is 1. The molecular formula is C34H33N7O4. The summed E-state index contributed by atoms with van der Waals surface area (Å²) in [4.78, 5) is 44.2. The molecule has 1 fully saturated rings. The van der Waals surface area contributed by atoms with Gasteiger partial charge in [0.25, 0.3) is 17.7 Å². The average Bonchev–Trinajstić information content (AvgIpc) is 3.56. The van der Waals surface area contributed by atoms with Crippen molar-refractivity contribution in [2.24, 2.45) is 5.92 Å². The minimum Gasteiger partial charge on any atom is -0.468 e. The van der Waals surface area contributed by atoms with E-state index in [1.807, 2.05) is 66.7 Å². The van der Waals surface area contributed by atoms with Gasteiger partial charge in [0.2, 0.25) is 5.88 Å². The summed E-state index contributed by atoms with van der Waals surface area (Å²) in [6.07, 6.45) is 5.28. The maximum absolute atomic E-state index is 14.0. The highest BCUT2D eigenvalue weighted by molar-refractivity contribution is 6.15. The van der Waals surface area contributed by atoms with Gasteiger partial charge in [0.05, 0.1) is 23.1 Å². The number of nitrogens with zero attached hydrogens (tertiary/aromatic N) is 3. The summed E-state index contributed by atoms with van der Waals surface area (Å²) in [5.41, 5.74) is 3.10. The van der Waals surface area contributed by atoms with Crippen molar-refractivity contribution in [3.63, 3.8) is 0 Å². The van der Waals surface area contributed by atoms with Crippen molar-refractivity contribution in [2.75, 3.05) is 18.5 Å². The number of anilines is 1. The third kappa shape index (κ3) is 7.32. The van der Waals surface area contributed by atoms with Crippen molar-refractivity contribution in [2.45, 2.75) is 32.2 Å². The number of H-pyrrole nitrogens is 1. The molecule has 4 N–H and O–H groups in total. The molecule has 1 aliphatic carbocycles. The van der Waals surface area contributed by atoms with Gasteiger partial charge >= 0.3 is 0 Å². The predicted molar refractivity (Wildman–Crippen MR) is 169 cm³/mol. The van der Waals surface area contributed by atoms with Crippen LogP contribution in [0.3, 0.4) is 0 Å². The van der Waals surface area contributed by atoms with E-state index in [2.05, 4.69) is 36.3 Å². The predicted octanol–water partition coefficient (Wildman–Crippen LogP) is 4.42. The zero-order valence-corrected chi connectivity index (χ0v) is 24.6. The first-order valence-electron chi connectivity index (χ1n) is 14.9. The molecule has 6 rings (SSSR count). The lowest BCUT2D eigenvalue weighted by Gasteiger charge is -2.25. The quantitative estimate of drug-likeness (QED) is 0.165. The van der Waals surface area contributed by atoms with Crippen molar-refractivity contribution in [1.82, 2.24) is 31.0 Å². The molecule has 5 aromatic rings. The second-order valence-electron chi connectivity index (χ2n) is 11.0. The monoisotopic (exact) mass is 603 g/mol.